The molecule has 0 atom stereocenters. The number of nitrogens with two attached hydrogens (primary N) is 1. The zero-order chi connectivity index (χ0) is 12.0. The molecular weight excluding hydrogens is 202 g/mol. The Morgan fingerprint density at radius 1 is 1.19 bits per heavy atom. The highest BCUT2D eigenvalue weighted by atomic mass is 16.6. The van der Waals surface area contributed by atoms with Gasteiger partial charge in [-0.2, -0.15) is 0 Å². The summed E-state index contributed by atoms with van der Waals surface area (Å²) < 4.78 is 5.22. The van der Waals surface area contributed by atoms with E-state index in [1.54, 1.807) is 7.11 Å². The molecule has 0 unspecified atom stereocenters. The number of methoxy groups -OCH3 is 1. The minimum Gasteiger partial charge on any atom is -0.384 e. The van der Waals surface area contributed by atoms with Crippen LogP contribution >= 0.6 is 0 Å². The van der Waals surface area contributed by atoms with Crippen molar-refractivity contribution in [3.05, 3.63) is 35.4 Å². The monoisotopic (exact) mass is 223 g/mol. The first kappa shape index (κ1) is 13.2. The Bertz CT molecular complexity index is 306. The Labute approximate surface area is 97.5 Å². The Hall–Kier alpha value is -0.900. The van der Waals surface area contributed by atoms with Crippen LogP contribution in [0.2, 0.25) is 0 Å². The van der Waals surface area contributed by atoms with E-state index in [4.69, 9.17) is 10.6 Å². The van der Waals surface area contributed by atoms with Crippen LogP contribution in [0.15, 0.2) is 24.3 Å². The molecule has 0 bridgehead atoms. The average molecular weight is 223 g/mol. The van der Waals surface area contributed by atoms with Crippen molar-refractivity contribution in [1.82, 2.24) is 0 Å². The summed E-state index contributed by atoms with van der Waals surface area (Å²) in [7, 11) is 1.73. The summed E-state index contributed by atoms with van der Waals surface area (Å²) in [6, 6.07) is 8.52. The fourth-order valence-electron chi connectivity index (χ4n) is 1.74. The molecule has 1 rings (SSSR count). The van der Waals surface area contributed by atoms with Crippen LogP contribution in [0.1, 0.15) is 25.0 Å². The SMILES string of the molecule is COCC(C)(C)c1ccc(CCON)cc1. The molecule has 90 valence electrons. The molecule has 0 saturated heterocycles. The van der Waals surface area contributed by atoms with E-state index in [2.05, 4.69) is 43.0 Å². The largest absolute Gasteiger partial charge is 0.384 e. The smallest absolute Gasteiger partial charge is 0.0719 e. The Balaban J connectivity index is 2.70. The van der Waals surface area contributed by atoms with E-state index in [-0.39, 0.29) is 5.41 Å². The lowest BCUT2D eigenvalue weighted by Gasteiger charge is -2.24. The van der Waals surface area contributed by atoms with Gasteiger partial charge in [-0.3, -0.25) is 0 Å². The normalized spacial score (nSPS) is 11.8. The summed E-state index contributed by atoms with van der Waals surface area (Å²) in [5, 5.41) is 0. The molecule has 0 aliphatic heterocycles. The lowest BCUT2D eigenvalue weighted by atomic mass is 9.85. The number of rotatable bonds is 6. The maximum absolute atomic E-state index is 5.22. The first-order chi connectivity index (χ1) is 7.60. The van der Waals surface area contributed by atoms with Crippen molar-refractivity contribution in [2.45, 2.75) is 25.7 Å². The molecule has 0 spiro atoms. The fourth-order valence-corrected chi connectivity index (χ4v) is 1.74. The molecule has 0 aliphatic rings. The molecule has 2 N–H and O–H groups in total. The molecule has 0 radical (unpaired) electrons. The topological polar surface area (TPSA) is 44.5 Å². The van der Waals surface area contributed by atoms with Gasteiger partial charge in [-0.05, 0) is 17.5 Å². The van der Waals surface area contributed by atoms with E-state index < -0.39 is 0 Å². The zero-order valence-corrected chi connectivity index (χ0v) is 10.3. The minimum absolute atomic E-state index is 0.0532. The van der Waals surface area contributed by atoms with Crippen LogP contribution in [-0.4, -0.2) is 20.3 Å². The third-order valence-corrected chi connectivity index (χ3v) is 2.75. The number of ether oxygens (including phenoxy) is 1. The predicted octanol–water partition coefficient (Wildman–Crippen LogP) is 2.04. The summed E-state index contributed by atoms with van der Waals surface area (Å²) >= 11 is 0. The van der Waals surface area contributed by atoms with Gasteiger partial charge in [0.1, 0.15) is 0 Å². The van der Waals surface area contributed by atoms with E-state index in [0.717, 1.165) is 13.0 Å². The molecule has 0 fully saturated rings. The van der Waals surface area contributed by atoms with Crippen LogP contribution in [0.3, 0.4) is 0 Å². The molecule has 0 aliphatic carbocycles. The second-order valence-electron chi connectivity index (χ2n) is 4.63. The predicted molar refractivity (Wildman–Crippen MR) is 65.2 cm³/mol. The number of hydrogen-bond donors (Lipinski definition) is 1. The second-order valence-corrected chi connectivity index (χ2v) is 4.63. The standard InChI is InChI=1S/C13H21NO2/c1-13(2,10-15-3)12-6-4-11(5-7-12)8-9-16-14/h4-7H,8-10,14H2,1-3H3. The van der Waals surface area contributed by atoms with Crippen molar-refractivity contribution in [2.24, 2.45) is 5.90 Å². The lowest BCUT2D eigenvalue weighted by Crippen LogP contribution is -2.23. The number of hydrogen-bond acceptors (Lipinski definition) is 3. The summed E-state index contributed by atoms with van der Waals surface area (Å²) in [6.45, 7) is 5.63. The highest BCUT2D eigenvalue weighted by Crippen LogP contribution is 2.23. The molecule has 3 nitrogen and oxygen atoms in total. The molecule has 0 amide bonds. The van der Waals surface area contributed by atoms with E-state index in [1.165, 1.54) is 11.1 Å². The summed E-state index contributed by atoms with van der Waals surface area (Å²) in [6.07, 6.45) is 0.849. The van der Waals surface area contributed by atoms with E-state index in [9.17, 15) is 0 Å². The van der Waals surface area contributed by atoms with Crippen LogP contribution in [0.25, 0.3) is 0 Å². The van der Waals surface area contributed by atoms with Gasteiger partial charge in [-0.15, -0.1) is 0 Å². The molecule has 0 aromatic heterocycles. The van der Waals surface area contributed by atoms with Crippen LogP contribution in [-0.2, 0) is 21.4 Å². The maximum atomic E-state index is 5.22. The van der Waals surface area contributed by atoms with Crippen LogP contribution in [0, 0.1) is 0 Å². The molecule has 3 heteroatoms. The highest BCUT2D eigenvalue weighted by molar-refractivity contribution is 5.28. The number of benzene rings is 1. The molecular formula is C13H21NO2. The van der Waals surface area contributed by atoms with E-state index in [0.29, 0.717) is 6.61 Å². The highest BCUT2D eigenvalue weighted by Gasteiger charge is 2.19. The average Bonchev–Trinajstić information content (AvgIpc) is 2.27. The van der Waals surface area contributed by atoms with Crippen molar-refractivity contribution in [2.75, 3.05) is 20.3 Å². The molecule has 1 aromatic rings. The summed E-state index contributed by atoms with van der Waals surface area (Å²) in [5.74, 6) is 5.00. The van der Waals surface area contributed by atoms with Crippen LogP contribution < -0.4 is 5.90 Å². The fraction of sp³-hybridized carbons (Fsp3) is 0.538. The van der Waals surface area contributed by atoms with Gasteiger partial charge in [-0.25, -0.2) is 5.90 Å². The van der Waals surface area contributed by atoms with E-state index >= 15 is 0 Å². The lowest BCUT2D eigenvalue weighted by molar-refractivity contribution is 0.141. The Kier molecular flexibility index (Phi) is 4.93. The molecule has 16 heavy (non-hydrogen) atoms. The van der Waals surface area contributed by atoms with Gasteiger partial charge in [-0.1, -0.05) is 38.1 Å². The van der Waals surface area contributed by atoms with Crippen molar-refractivity contribution in [3.63, 3.8) is 0 Å². The maximum Gasteiger partial charge on any atom is 0.0719 e. The van der Waals surface area contributed by atoms with Gasteiger partial charge in [0.25, 0.3) is 0 Å². The van der Waals surface area contributed by atoms with Gasteiger partial charge < -0.3 is 9.57 Å². The Morgan fingerprint density at radius 3 is 2.31 bits per heavy atom. The van der Waals surface area contributed by atoms with Crippen molar-refractivity contribution in [1.29, 1.82) is 0 Å². The van der Waals surface area contributed by atoms with Gasteiger partial charge in [0.2, 0.25) is 0 Å². The summed E-state index contributed by atoms with van der Waals surface area (Å²) in [4.78, 5) is 4.56. The minimum atomic E-state index is 0.0532. The Morgan fingerprint density at radius 2 is 1.81 bits per heavy atom. The van der Waals surface area contributed by atoms with Gasteiger partial charge in [0.15, 0.2) is 0 Å². The van der Waals surface area contributed by atoms with Crippen molar-refractivity contribution in [3.8, 4) is 0 Å². The quantitative estimate of drug-likeness (QED) is 0.751. The van der Waals surface area contributed by atoms with Crippen LogP contribution in [0.4, 0.5) is 0 Å². The third kappa shape index (κ3) is 3.59. The summed E-state index contributed by atoms with van der Waals surface area (Å²) in [5.41, 5.74) is 2.58. The zero-order valence-electron chi connectivity index (χ0n) is 10.3. The van der Waals surface area contributed by atoms with Crippen molar-refractivity contribution >= 4 is 0 Å². The van der Waals surface area contributed by atoms with Gasteiger partial charge in [0.05, 0.1) is 13.2 Å². The van der Waals surface area contributed by atoms with E-state index in [1.807, 2.05) is 0 Å². The van der Waals surface area contributed by atoms with Gasteiger partial charge in [0, 0.05) is 12.5 Å². The first-order valence-electron chi connectivity index (χ1n) is 5.50. The molecule has 0 heterocycles. The van der Waals surface area contributed by atoms with Crippen LogP contribution in [0.5, 0.6) is 0 Å². The molecule has 0 saturated carbocycles. The van der Waals surface area contributed by atoms with Crippen molar-refractivity contribution < 1.29 is 9.57 Å². The van der Waals surface area contributed by atoms with Gasteiger partial charge >= 0.3 is 0 Å². The first-order valence-corrected chi connectivity index (χ1v) is 5.50. The second kappa shape index (κ2) is 5.99. The third-order valence-electron chi connectivity index (χ3n) is 2.75. The molecule has 1 aromatic carbocycles.